The molecule has 0 aliphatic rings. The SMILES string of the molecule is COC(=O)[C@H](CCCCNC(=O)OC(C)(C)C)NC(=O)CN(CC(=O)NCCc1ccc(F)cc1)C(=O)c1cccc(C(=O)N(CC(=O)NCCc2ccc(F)cc2)CC(=O)N[C@@H](CCCCNC(=O)OC(C)(C)C)C(=O)OC)c1. The Morgan fingerprint density at radius 3 is 1.16 bits per heavy atom. The number of rotatable bonds is 30. The monoisotopic (exact) mass is 1120 g/mol. The molecule has 3 aromatic rings. The molecule has 0 unspecified atom stereocenters. The zero-order chi connectivity index (χ0) is 59.4. The van der Waals surface area contributed by atoms with Gasteiger partial charge in [-0.1, -0.05) is 30.3 Å². The van der Waals surface area contributed by atoms with Gasteiger partial charge in [0, 0.05) is 37.3 Å². The van der Waals surface area contributed by atoms with Gasteiger partial charge in [-0.2, -0.15) is 0 Å². The fourth-order valence-corrected chi connectivity index (χ4v) is 7.57. The van der Waals surface area contributed by atoms with Gasteiger partial charge in [0.05, 0.1) is 14.2 Å². The summed E-state index contributed by atoms with van der Waals surface area (Å²) < 4.78 is 47.3. The van der Waals surface area contributed by atoms with Crippen LogP contribution in [-0.4, -0.2) is 159 Å². The molecule has 80 heavy (non-hydrogen) atoms. The van der Waals surface area contributed by atoms with Gasteiger partial charge in [-0.15, -0.1) is 0 Å². The molecule has 6 N–H and O–H groups in total. The summed E-state index contributed by atoms with van der Waals surface area (Å²) >= 11 is 0. The summed E-state index contributed by atoms with van der Waals surface area (Å²) in [6.45, 7) is 7.86. The highest BCUT2D eigenvalue weighted by Gasteiger charge is 2.29. The van der Waals surface area contributed by atoms with Crippen molar-refractivity contribution in [1.82, 2.24) is 41.7 Å². The van der Waals surface area contributed by atoms with E-state index in [1.807, 2.05) is 0 Å². The summed E-state index contributed by atoms with van der Waals surface area (Å²) in [6.07, 6.45) is 0.878. The first-order valence-electron chi connectivity index (χ1n) is 26.1. The van der Waals surface area contributed by atoms with Crippen LogP contribution in [0, 0.1) is 11.6 Å². The van der Waals surface area contributed by atoms with E-state index < -0.39 is 121 Å². The van der Waals surface area contributed by atoms with E-state index in [0.717, 1.165) is 30.1 Å². The van der Waals surface area contributed by atoms with Crippen molar-refractivity contribution < 1.29 is 75.7 Å². The number of benzene rings is 3. The van der Waals surface area contributed by atoms with E-state index in [1.54, 1.807) is 65.8 Å². The summed E-state index contributed by atoms with van der Waals surface area (Å²) in [5.74, 6) is -7.46. The molecule has 0 fully saturated rings. The number of hydrogen-bond acceptors (Lipinski definition) is 14. The summed E-state index contributed by atoms with van der Waals surface area (Å²) in [6, 6.07) is 13.9. The summed E-state index contributed by atoms with van der Waals surface area (Å²) in [5.41, 5.74) is -0.431. The Labute approximate surface area is 465 Å². The van der Waals surface area contributed by atoms with Crippen LogP contribution in [0.1, 0.15) is 112 Å². The molecule has 0 saturated carbocycles. The molecule has 438 valence electrons. The third kappa shape index (κ3) is 26.4. The minimum Gasteiger partial charge on any atom is -0.467 e. The zero-order valence-electron chi connectivity index (χ0n) is 46.8. The van der Waals surface area contributed by atoms with Gasteiger partial charge >= 0.3 is 24.1 Å². The lowest BCUT2D eigenvalue weighted by Gasteiger charge is -2.25. The lowest BCUT2D eigenvalue weighted by atomic mass is 10.1. The number of methoxy groups -OCH3 is 2. The van der Waals surface area contributed by atoms with Crippen molar-refractivity contribution in [2.24, 2.45) is 0 Å². The molecule has 0 spiro atoms. The molecule has 0 heterocycles. The number of hydrogen-bond donors (Lipinski definition) is 6. The Morgan fingerprint density at radius 1 is 0.475 bits per heavy atom. The normalized spacial score (nSPS) is 11.8. The number of nitrogens with zero attached hydrogens (tertiary/aromatic N) is 2. The lowest BCUT2D eigenvalue weighted by molar-refractivity contribution is -0.145. The van der Waals surface area contributed by atoms with Gasteiger partial charge in [0.1, 0.15) is 61.1 Å². The van der Waals surface area contributed by atoms with E-state index in [4.69, 9.17) is 18.9 Å². The maximum Gasteiger partial charge on any atom is 0.407 e. The average molecular weight is 1120 g/mol. The van der Waals surface area contributed by atoms with Crippen LogP contribution in [0.5, 0.6) is 0 Å². The number of carbonyl (C=O) groups excluding carboxylic acids is 10. The van der Waals surface area contributed by atoms with Gasteiger partial charge in [0.25, 0.3) is 11.8 Å². The average Bonchev–Trinajstić information content (AvgIpc) is 3.38. The van der Waals surface area contributed by atoms with E-state index >= 15 is 0 Å². The molecule has 0 aliphatic heterocycles. The highest BCUT2D eigenvalue weighted by molar-refractivity contribution is 6.03. The van der Waals surface area contributed by atoms with Crippen LogP contribution in [0.2, 0.25) is 0 Å². The van der Waals surface area contributed by atoms with Crippen molar-refractivity contribution in [2.45, 2.75) is 116 Å². The molecule has 3 rings (SSSR count). The highest BCUT2D eigenvalue weighted by atomic mass is 19.1. The predicted octanol–water partition coefficient (Wildman–Crippen LogP) is 4.27. The van der Waals surface area contributed by atoms with Crippen LogP contribution >= 0.6 is 0 Å². The molecule has 8 amide bonds. The number of carbonyl (C=O) groups is 10. The largest absolute Gasteiger partial charge is 0.467 e. The molecule has 3 aromatic carbocycles. The standard InChI is InChI=1S/C56H76F2N8O14/c1-55(2,3)79-53(75)61-28-11-9-16-43(51(73)77-7)63-47(69)35-65(33-45(67)59-30-26-37-18-22-41(57)23-19-37)49(71)39-14-13-15-40(32-39)50(72)66(34-46(68)60-31-27-38-20-24-42(58)25-21-38)36-48(70)64-44(52(74)78-8)17-10-12-29-62-54(76)80-56(4,5)6/h13-15,18-25,32,43-44H,9-12,16-17,26-31,33-36H2,1-8H3,(H,59,67)(H,60,68)(H,61,75)(H,62,76)(H,63,69)(H,64,70)/t43-,44-/m0/s1. The summed E-state index contributed by atoms with van der Waals surface area (Å²) in [7, 11) is 2.25. The van der Waals surface area contributed by atoms with Gasteiger partial charge in [-0.05, 0) is 147 Å². The van der Waals surface area contributed by atoms with Crippen molar-refractivity contribution in [1.29, 1.82) is 0 Å². The topological polar surface area (TPSA) is 286 Å². The zero-order valence-corrected chi connectivity index (χ0v) is 46.8. The molecular weight excluding hydrogens is 1050 g/mol. The molecule has 0 radical (unpaired) electrons. The Balaban J connectivity index is 1.87. The highest BCUT2D eigenvalue weighted by Crippen LogP contribution is 2.15. The first kappa shape index (κ1) is 66.1. The first-order valence-corrected chi connectivity index (χ1v) is 26.1. The van der Waals surface area contributed by atoms with Gasteiger partial charge < -0.3 is 60.6 Å². The Kier molecular flexibility index (Phi) is 27.5. The molecular formula is C56H76F2N8O14. The van der Waals surface area contributed by atoms with Gasteiger partial charge in [0.15, 0.2) is 0 Å². The number of alkyl carbamates (subject to hydrolysis) is 2. The van der Waals surface area contributed by atoms with Gasteiger partial charge in [-0.25, -0.2) is 28.0 Å². The molecule has 0 aliphatic carbocycles. The van der Waals surface area contributed by atoms with Crippen LogP contribution in [0.4, 0.5) is 18.4 Å². The smallest absolute Gasteiger partial charge is 0.407 e. The molecule has 2 atom stereocenters. The van der Waals surface area contributed by atoms with Crippen molar-refractivity contribution in [3.05, 3.63) is 107 Å². The Morgan fingerprint density at radius 2 is 0.825 bits per heavy atom. The number of unbranched alkanes of at least 4 members (excludes halogenated alkanes) is 2. The minimum absolute atomic E-state index is 0.0623. The van der Waals surface area contributed by atoms with Crippen LogP contribution in [-0.2, 0) is 60.6 Å². The lowest BCUT2D eigenvalue weighted by Crippen LogP contribution is -2.50. The Hall–Kier alpha value is -8.18. The summed E-state index contributed by atoms with van der Waals surface area (Å²) in [4.78, 5) is 135. The number of nitrogens with one attached hydrogen (secondary N) is 6. The predicted molar refractivity (Wildman–Crippen MR) is 289 cm³/mol. The van der Waals surface area contributed by atoms with E-state index in [1.165, 1.54) is 42.5 Å². The van der Waals surface area contributed by atoms with E-state index in [-0.39, 0.29) is 63.0 Å². The second kappa shape index (κ2) is 33.3. The number of halogens is 2. The number of amides is 8. The quantitative estimate of drug-likeness (QED) is 0.0309. The fraction of sp³-hybridized carbons (Fsp3) is 0.500. The van der Waals surface area contributed by atoms with E-state index in [0.29, 0.717) is 36.8 Å². The van der Waals surface area contributed by atoms with Crippen LogP contribution < -0.4 is 31.9 Å². The van der Waals surface area contributed by atoms with Crippen molar-refractivity contribution in [3.63, 3.8) is 0 Å². The molecule has 0 saturated heterocycles. The number of esters is 2. The summed E-state index contributed by atoms with van der Waals surface area (Å²) in [5, 5.41) is 15.7. The Bertz CT molecular complexity index is 2400. The van der Waals surface area contributed by atoms with Gasteiger partial charge in [0.2, 0.25) is 23.6 Å². The molecule has 0 bridgehead atoms. The van der Waals surface area contributed by atoms with Crippen LogP contribution in [0.15, 0.2) is 72.8 Å². The third-order valence-corrected chi connectivity index (χ3v) is 11.4. The van der Waals surface area contributed by atoms with E-state index in [2.05, 4.69) is 31.9 Å². The second-order valence-electron chi connectivity index (χ2n) is 20.5. The van der Waals surface area contributed by atoms with Crippen molar-refractivity contribution in [2.75, 3.05) is 66.6 Å². The first-order chi connectivity index (χ1) is 37.7. The maximum atomic E-state index is 14.4. The molecule has 22 nitrogen and oxygen atoms in total. The van der Waals surface area contributed by atoms with Crippen molar-refractivity contribution >= 4 is 59.6 Å². The maximum absolute atomic E-state index is 14.4. The molecule has 0 aromatic heterocycles. The van der Waals surface area contributed by atoms with E-state index in [9.17, 15) is 56.7 Å². The van der Waals surface area contributed by atoms with Crippen LogP contribution in [0.3, 0.4) is 0 Å². The molecule has 24 heteroatoms. The second-order valence-corrected chi connectivity index (χ2v) is 20.5. The van der Waals surface area contributed by atoms with Crippen molar-refractivity contribution in [3.8, 4) is 0 Å². The van der Waals surface area contributed by atoms with Crippen LogP contribution in [0.25, 0.3) is 0 Å². The fourth-order valence-electron chi connectivity index (χ4n) is 7.57. The number of ether oxygens (including phenoxy) is 4. The third-order valence-electron chi connectivity index (χ3n) is 11.4. The van der Waals surface area contributed by atoms with Gasteiger partial charge in [-0.3, -0.25) is 28.8 Å². The minimum atomic E-state index is -1.20.